The Morgan fingerprint density at radius 2 is 1.89 bits per heavy atom. The van der Waals surface area contributed by atoms with Crippen molar-refractivity contribution in [1.82, 2.24) is 20.4 Å². The lowest BCUT2D eigenvalue weighted by Gasteiger charge is -2.18. The van der Waals surface area contributed by atoms with Crippen LogP contribution in [0.5, 0.6) is 5.75 Å². The van der Waals surface area contributed by atoms with Crippen LogP contribution in [-0.4, -0.2) is 75.0 Å². The molecule has 1 fully saturated rings. The minimum atomic E-state index is -0.761. The largest absolute Gasteiger partial charge is 0.491 e. The van der Waals surface area contributed by atoms with Gasteiger partial charge in [-0.15, -0.1) is 0 Å². The van der Waals surface area contributed by atoms with E-state index in [1.807, 2.05) is 45.0 Å². The molecule has 4 rings (SSSR count). The second kappa shape index (κ2) is 10.7. The molecule has 1 unspecified atom stereocenters. The zero-order valence-corrected chi connectivity index (χ0v) is 20.4. The fourth-order valence-electron chi connectivity index (χ4n) is 4.37. The molecule has 0 amide bonds. The van der Waals surface area contributed by atoms with Gasteiger partial charge >= 0.3 is 0 Å². The Bertz CT molecular complexity index is 1140. The number of aliphatic hydroxyl groups is 3. The molecule has 1 aromatic carbocycles. The number of anilines is 1. The molecule has 10 heteroatoms. The molecule has 188 valence electrons. The lowest BCUT2D eigenvalue weighted by Crippen LogP contribution is -2.29. The van der Waals surface area contributed by atoms with Gasteiger partial charge in [-0.05, 0) is 52.8 Å². The van der Waals surface area contributed by atoms with Crippen LogP contribution in [0.2, 0.25) is 0 Å². The number of nitrogens with zero attached hydrogens (tertiary/aromatic N) is 3. The van der Waals surface area contributed by atoms with Gasteiger partial charge in [0.2, 0.25) is 0 Å². The van der Waals surface area contributed by atoms with Gasteiger partial charge in [-0.25, -0.2) is 9.97 Å². The molecule has 3 atom stereocenters. The monoisotopic (exact) mass is 483 g/mol. The van der Waals surface area contributed by atoms with Crippen LogP contribution in [0.3, 0.4) is 0 Å². The maximum atomic E-state index is 10.0. The highest BCUT2D eigenvalue weighted by molar-refractivity contribution is 5.74. The Kier molecular flexibility index (Phi) is 7.66. The molecule has 0 spiro atoms. The zero-order chi connectivity index (χ0) is 25.1. The summed E-state index contributed by atoms with van der Waals surface area (Å²) in [6, 6.07) is 7.28. The first-order valence-corrected chi connectivity index (χ1v) is 11.8. The lowest BCUT2D eigenvalue weighted by molar-refractivity contribution is 0.0438. The van der Waals surface area contributed by atoms with Gasteiger partial charge in [0.15, 0.2) is 5.82 Å². The summed E-state index contributed by atoms with van der Waals surface area (Å²) in [5, 5.41) is 40.4. The number of aliphatic hydroxyl groups excluding tert-OH is 3. The van der Waals surface area contributed by atoms with E-state index in [-0.39, 0.29) is 12.6 Å². The first-order chi connectivity index (χ1) is 16.8. The molecular formula is C25H33N5O5. The second-order valence-electron chi connectivity index (χ2n) is 9.07. The van der Waals surface area contributed by atoms with E-state index in [0.717, 1.165) is 22.4 Å². The summed E-state index contributed by atoms with van der Waals surface area (Å²) in [6.07, 6.45) is -1.29. The standard InChI is InChI=1S/C25H33N5O5/c1-13-23(22-14(2)30-35-15(22)3)28-25(29-24(13)27-17-9-20(32)21(33)10-17)16-6-5-7-19(8-16)34-12-18(31)11-26-4/h5-8,17-18,20-21,26,31-33H,9-12H2,1-4H3,(H,27,28,29)/t18?,20-,21-/m1/s1. The summed E-state index contributed by atoms with van der Waals surface area (Å²) in [4.78, 5) is 9.67. The van der Waals surface area contributed by atoms with Crippen LogP contribution in [-0.2, 0) is 0 Å². The zero-order valence-electron chi connectivity index (χ0n) is 20.4. The van der Waals surface area contributed by atoms with Crippen molar-refractivity contribution in [2.45, 2.75) is 58.0 Å². The number of benzene rings is 1. The summed E-state index contributed by atoms with van der Waals surface area (Å²) in [5.74, 6) is 2.35. The molecule has 1 aliphatic carbocycles. The van der Waals surface area contributed by atoms with E-state index in [1.165, 1.54) is 0 Å². The Morgan fingerprint density at radius 3 is 2.54 bits per heavy atom. The van der Waals surface area contributed by atoms with Crippen LogP contribution in [0, 0.1) is 20.8 Å². The van der Waals surface area contributed by atoms with Crippen molar-refractivity contribution in [3.05, 3.63) is 41.3 Å². The molecule has 0 bridgehead atoms. The van der Waals surface area contributed by atoms with Crippen molar-refractivity contribution < 1.29 is 24.6 Å². The lowest BCUT2D eigenvalue weighted by atomic mass is 10.0. The number of ether oxygens (including phenoxy) is 1. The molecule has 0 saturated heterocycles. The Morgan fingerprint density at radius 1 is 1.14 bits per heavy atom. The molecule has 2 heterocycles. The highest BCUT2D eigenvalue weighted by Gasteiger charge is 2.32. The number of likely N-dealkylation sites (N-methyl/N-ethyl adjacent to an activating group) is 1. The third kappa shape index (κ3) is 5.62. The van der Waals surface area contributed by atoms with Crippen molar-refractivity contribution in [1.29, 1.82) is 0 Å². The highest BCUT2D eigenvalue weighted by atomic mass is 16.5. The first-order valence-electron chi connectivity index (χ1n) is 11.8. The topological polar surface area (TPSA) is 146 Å². The average Bonchev–Trinajstić information content (AvgIpc) is 3.33. The maximum Gasteiger partial charge on any atom is 0.162 e. The van der Waals surface area contributed by atoms with Gasteiger partial charge in [-0.1, -0.05) is 17.3 Å². The summed E-state index contributed by atoms with van der Waals surface area (Å²) >= 11 is 0. The molecule has 35 heavy (non-hydrogen) atoms. The summed E-state index contributed by atoms with van der Waals surface area (Å²) < 4.78 is 11.2. The minimum absolute atomic E-state index is 0.123. The van der Waals surface area contributed by atoms with Crippen LogP contribution in [0.15, 0.2) is 28.8 Å². The molecule has 10 nitrogen and oxygen atoms in total. The highest BCUT2D eigenvalue weighted by Crippen LogP contribution is 2.35. The van der Waals surface area contributed by atoms with Gasteiger partial charge in [0.05, 0.1) is 29.2 Å². The predicted molar refractivity (Wildman–Crippen MR) is 131 cm³/mol. The van der Waals surface area contributed by atoms with E-state index < -0.39 is 18.3 Å². The van der Waals surface area contributed by atoms with E-state index >= 15 is 0 Å². The molecular weight excluding hydrogens is 450 g/mol. The molecule has 3 aromatic rings. The molecule has 5 N–H and O–H groups in total. The summed E-state index contributed by atoms with van der Waals surface area (Å²) in [6.45, 7) is 6.23. The molecule has 1 aliphatic rings. The van der Waals surface area contributed by atoms with E-state index in [0.29, 0.717) is 48.2 Å². The normalized spacial score (nSPS) is 19.2. The van der Waals surface area contributed by atoms with E-state index in [2.05, 4.69) is 15.8 Å². The van der Waals surface area contributed by atoms with Gasteiger partial charge in [-0.2, -0.15) is 0 Å². The quantitative estimate of drug-likeness (QED) is 0.306. The molecule has 2 aromatic heterocycles. The fourth-order valence-corrected chi connectivity index (χ4v) is 4.37. The third-order valence-corrected chi connectivity index (χ3v) is 6.23. The van der Waals surface area contributed by atoms with Crippen molar-refractivity contribution in [2.24, 2.45) is 0 Å². The second-order valence-corrected chi connectivity index (χ2v) is 9.07. The van der Waals surface area contributed by atoms with Crippen LogP contribution in [0.4, 0.5) is 5.82 Å². The van der Waals surface area contributed by atoms with E-state index in [4.69, 9.17) is 19.2 Å². The van der Waals surface area contributed by atoms with Crippen LogP contribution in [0.25, 0.3) is 22.6 Å². The number of hydrogen-bond acceptors (Lipinski definition) is 10. The van der Waals surface area contributed by atoms with Gasteiger partial charge in [-0.3, -0.25) is 0 Å². The SMILES string of the molecule is CNCC(O)COc1cccc(-c2nc(NC3C[C@@H](O)[C@H](O)C3)c(C)c(-c3c(C)noc3C)n2)c1. The summed E-state index contributed by atoms with van der Waals surface area (Å²) in [5.41, 5.74) is 3.80. The third-order valence-electron chi connectivity index (χ3n) is 6.23. The number of rotatable bonds is 9. The number of hydrogen-bond donors (Lipinski definition) is 5. The number of nitrogens with one attached hydrogen (secondary N) is 2. The van der Waals surface area contributed by atoms with Crippen molar-refractivity contribution in [2.75, 3.05) is 25.5 Å². The molecule has 0 radical (unpaired) electrons. The van der Waals surface area contributed by atoms with Gasteiger partial charge in [0.1, 0.15) is 30.0 Å². The number of aromatic nitrogens is 3. The van der Waals surface area contributed by atoms with Crippen LogP contribution >= 0.6 is 0 Å². The van der Waals surface area contributed by atoms with Crippen molar-refractivity contribution in [3.63, 3.8) is 0 Å². The van der Waals surface area contributed by atoms with Crippen molar-refractivity contribution in [3.8, 4) is 28.4 Å². The van der Waals surface area contributed by atoms with Crippen molar-refractivity contribution >= 4 is 5.82 Å². The minimum Gasteiger partial charge on any atom is -0.491 e. The Hall–Kier alpha value is -3.05. The first kappa shape index (κ1) is 25.1. The molecule has 0 aliphatic heterocycles. The molecule has 1 saturated carbocycles. The van der Waals surface area contributed by atoms with Crippen LogP contribution < -0.4 is 15.4 Å². The average molecular weight is 484 g/mol. The van der Waals surface area contributed by atoms with Gasteiger partial charge in [0.25, 0.3) is 0 Å². The van der Waals surface area contributed by atoms with E-state index in [9.17, 15) is 15.3 Å². The summed E-state index contributed by atoms with van der Waals surface area (Å²) in [7, 11) is 1.77. The van der Waals surface area contributed by atoms with Gasteiger partial charge < -0.3 is 35.2 Å². The van der Waals surface area contributed by atoms with Gasteiger partial charge in [0, 0.05) is 23.7 Å². The maximum absolute atomic E-state index is 10.0. The van der Waals surface area contributed by atoms with E-state index in [1.54, 1.807) is 7.05 Å². The smallest absolute Gasteiger partial charge is 0.162 e. The van der Waals surface area contributed by atoms with Crippen LogP contribution in [0.1, 0.15) is 29.9 Å². The predicted octanol–water partition coefficient (Wildman–Crippen LogP) is 1.98. The fraction of sp³-hybridized carbons (Fsp3) is 0.480. The Labute approximate surface area is 204 Å². The number of aryl methyl sites for hydroxylation is 2. The Balaban J connectivity index is 1.71.